The van der Waals surface area contributed by atoms with Crippen molar-refractivity contribution in [2.75, 3.05) is 11.1 Å². The minimum Gasteiger partial charge on any atom is -0.325 e. The van der Waals surface area contributed by atoms with Crippen LogP contribution in [0.5, 0.6) is 0 Å². The average molecular weight is 429 g/mol. The number of ketones is 1. The first kappa shape index (κ1) is 17.0. The quantitative estimate of drug-likeness (QED) is 0.437. The van der Waals surface area contributed by atoms with Crippen molar-refractivity contribution in [2.24, 2.45) is 0 Å². The molecule has 0 heterocycles. The molecule has 0 aromatic heterocycles. The van der Waals surface area contributed by atoms with Crippen LogP contribution in [0.2, 0.25) is 0 Å². The number of halogens is 2. The molecule has 0 bridgehead atoms. The van der Waals surface area contributed by atoms with Crippen molar-refractivity contribution in [3.63, 3.8) is 0 Å². The van der Waals surface area contributed by atoms with Gasteiger partial charge >= 0.3 is 0 Å². The van der Waals surface area contributed by atoms with Gasteiger partial charge in [0.1, 0.15) is 5.82 Å². The van der Waals surface area contributed by atoms with Gasteiger partial charge in [0, 0.05) is 19.7 Å². The van der Waals surface area contributed by atoms with Gasteiger partial charge in [-0.2, -0.15) is 0 Å². The van der Waals surface area contributed by atoms with Crippen LogP contribution in [-0.4, -0.2) is 17.4 Å². The summed E-state index contributed by atoms with van der Waals surface area (Å²) in [4.78, 5) is 23.4. The van der Waals surface area contributed by atoms with E-state index in [9.17, 15) is 14.0 Å². The maximum Gasteiger partial charge on any atom is 0.234 e. The number of nitrogens with one attached hydrogen (secondary N) is 1. The number of hydrogen-bond acceptors (Lipinski definition) is 3. The van der Waals surface area contributed by atoms with Gasteiger partial charge in [-0.3, -0.25) is 9.59 Å². The second kappa shape index (κ2) is 7.73. The van der Waals surface area contributed by atoms with E-state index in [0.29, 0.717) is 16.1 Å². The predicted molar refractivity (Wildman–Crippen MR) is 94.9 cm³/mol. The molecule has 2 aromatic rings. The van der Waals surface area contributed by atoms with Crippen molar-refractivity contribution in [1.82, 2.24) is 0 Å². The first-order valence-corrected chi connectivity index (χ1v) is 8.51. The van der Waals surface area contributed by atoms with Crippen LogP contribution in [0.3, 0.4) is 0 Å². The lowest BCUT2D eigenvalue weighted by atomic mass is 10.1. The highest BCUT2D eigenvalue weighted by Gasteiger charge is 2.09. The molecule has 2 rings (SSSR count). The predicted octanol–water partition coefficient (Wildman–Crippen LogP) is 4.36. The van der Waals surface area contributed by atoms with Crippen LogP contribution in [0, 0.1) is 9.39 Å². The second-order valence-electron chi connectivity index (χ2n) is 4.55. The normalized spacial score (nSPS) is 10.3. The van der Waals surface area contributed by atoms with Crippen molar-refractivity contribution in [1.29, 1.82) is 0 Å². The van der Waals surface area contributed by atoms with Gasteiger partial charge in [-0.25, -0.2) is 4.39 Å². The van der Waals surface area contributed by atoms with E-state index in [-0.39, 0.29) is 17.4 Å². The molecule has 0 fully saturated rings. The third-order valence-electron chi connectivity index (χ3n) is 2.83. The third-order valence-corrected chi connectivity index (χ3v) is 4.59. The lowest BCUT2D eigenvalue weighted by Crippen LogP contribution is -2.14. The Morgan fingerprint density at radius 2 is 1.86 bits per heavy atom. The Hall–Kier alpha value is -1.41. The number of anilines is 1. The molecular weight excluding hydrogens is 416 g/mol. The van der Waals surface area contributed by atoms with E-state index in [1.54, 1.807) is 6.07 Å². The Kier molecular flexibility index (Phi) is 5.96. The standard InChI is InChI=1S/C16H13FINO2S/c1-10(20)11-2-7-15(14(17)8-11)22-9-16(21)19-13-5-3-12(18)4-6-13/h2-8H,9H2,1H3,(H,19,21). The zero-order chi connectivity index (χ0) is 16.1. The SMILES string of the molecule is CC(=O)c1ccc(SCC(=O)Nc2ccc(I)cc2)c(F)c1. The molecule has 0 radical (unpaired) electrons. The van der Waals surface area contributed by atoms with Crippen LogP contribution in [0.4, 0.5) is 10.1 Å². The highest BCUT2D eigenvalue weighted by atomic mass is 127. The number of hydrogen-bond donors (Lipinski definition) is 1. The molecule has 0 aliphatic rings. The first-order valence-electron chi connectivity index (χ1n) is 6.44. The van der Waals surface area contributed by atoms with Crippen molar-refractivity contribution in [2.45, 2.75) is 11.8 Å². The zero-order valence-electron chi connectivity index (χ0n) is 11.7. The van der Waals surface area contributed by atoms with E-state index in [0.717, 1.165) is 15.3 Å². The van der Waals surface area contributed by atoms with Gasteiger partial charge < -0.3 is 5.32 Å². The van der Waals surface area contributed by atoms with Crippen molar-refractivity contribution >= 4 is 51.7 Å². The molecule has 22 heavy (non-hydrogen) atoms. The Morgan fingerprint density at radius 3 is 2.45 bits per heavy atom. The first-order chi connectivity index (χ1) is 10.5. The monoisotopic (exact) mass is 429 g/mol. The van der Waals surface area contributed by atoms with E-state index >= 15 is 0 Å². The van der Waals surface area contributed by atoms with Gasteiger partial charge in [-0.05, 0) is 65.9 Å². The fourth-order valence-corrected chi connectivity index (χ4v) is 2.79. The van der Waals surface area contributed by atoms with Crippen LogP contribution in [0.1, 0.15) is 17.3 Å². The summed E-state index contributed by atoms with van der Waals surface area (Å²) in [5, 5.41) is 2.75. The summed E-state index contributed by atoms with van der Waals surface area (Å²) in [5.41, 5.74) is 1.03. The third kappa shape index (κ3) is 4.81. The van der Waals surface area contributed by atoms with E-state index in [1.165, 1.54) is 19.1 Å². The molecule has 0 atom stereocenters. The van der Waals surface area contributed by atoms with Crippen LogP contribution >= 0.6 is 34.4 Å². The van der Waals surface area contributed by atoms with Gasteiger partial charge in [0.15, 0.2) is 5.78 Å². The van der Waals surface area contributed by atoms with Gasteiger partial charge in [-0.1, -0.05) is 6.07 Å². The molecule has 0 unspecified atom stereocenters. The smallest absolute Gasteiger partial charge is 0.234 e. The zero-order valence-corrected chi connectivity index (χ0v) is 14.7. The average Bonchev–Trinajstić information content (AvgIpc) is 2.48. The molecule has 114 valence electrons. The minimum absolute atomic E-state index is 0.0995. The van der Waals surface area contributed by atoms with E-state index in [1.807, 2.05) is 24.3 Å². The van der Waals surface area contributed by atoms with Crippen LogP contribution in [0.25, 0.3) is 0 Å². The van der Waals surface area contributed by atoms with E-state index in [4.69, 9.17) is 0 Å². The lowest BCUT2D eigenvalue weighted by molar-refractivity contribution is -0.113. The van der Waals surface area contributed by atoms with Crippen LogP contribution < -0.4 is 5.32 Å². The molecule has 0 aliphatic carbocycles. The van der Waals surface area contributed by atoms with Crippen molar-refractivity contribution in [3.05, 3.63) is 57.4 Å². The van der Waals surface area contributed by atoms with Gasteiger partial charge in [0.05, 0.1) is 5.75 Å². The summed E-state index contributed by atoms with van der Waals surface area (Å²) >= 11 is 3.28. The number of benzene rings is 2. The molecule has 0 aliphatic heterocycles. The van der Waals surface area contributed by atoms with E-state index < -0.39 is 5.82 Å². The summed E-state index contributed by atoms with van der Waals surface area (Å²) in [6.45, 7) is 1.38. The molecule has 1 amide bonds. The van der Waals surface area contributed by atoms with Gasteiger partial charge in [0.2, 0.25) is 5.91 Å². The van der Waals surface area contributed by atoms with Crippen molar-refractivity contribution < 1.29 is 14.0 Å². The number of carbonyl (C=O) groups excluding carboxylic acids is 2. The number of carbonyl (C=O) groups is 2. The molecule has 1 N–H and O–H groups in total. The topological polar surface area (TPSA) is 46.2 Å². The maximum absolute atomic E-state index is 13.8. The fourth-order valence-electron chi connectivity index (χ4n) is 1.71. The minimum atomic E-state index is -0.486. The number of amides is 1. The molecular formula is C16H13FINO2S. The highest BCUT2D eigenvalue weighted by molar-refractivity contribution is 14.1. The largest absolute Gasteiger partial charge is 0.325 e. The molecule has 0 saturated carbocycles. The Labute approximate surface area is 145 Å². The summed E-state index contributed by atoms with van der Waals surface area (Å²) in [7, 11) is 0. The van der Waals surface area contributed by atoms with Crippen LogP contribution in [-0.2, 0) is 4.79 Å². The van der Waals surface area contributed by atoms with Crippen molar-refractivity contribution in [3.8, 4) is 0 Å². The maximum atomic E-state index is 13.8. The summed E-state index contributed by atoms with van der Waals surface area (Å²) in [6.07, 6.45) is 0. The van der Waals surface area contributed by atoms with Crippen LogP contribution in [0.15, 0.2) is 47.4 Å². The highest BCUT2D eigenvalue weighted by Crippen LogP contribution is 2.23. The van der Waals surface area contributed by atoms with Gasteiger partial charge in [0.25, 0.3) is 0 Å². The molecule has 3 nitrogen and oxygen atoms in total. The lowest BCUT2D eigenvalue weighted by Gasteiger charge is -2.06. The molecule has 6 heteroatoms. The molecule has 0 spiro atoms. The summed E-state index contributed by atoms with van der Waals surface area (Å²) in [6, 6.07) is 11.7. The fraction of sp³-hybridized carbons (Fsp3) is 0.125. The second-order valence-corrected chi connectivity index (χ2v) is 6.81. The number of rotatable bonds is 5. The summed E-state index contributed by atoms with van der Waals surface area (Å²) < 4.78 is 14.9. The van der Waals surface area contributed by atoms with E-state index in [2.05, 4.69) is 27.9 Å². The Bertz CT molecular complexity index is 704. The summed E-state index contributed by atoms with van der Waals surface area (Å²) in [5.74, 6) is -0.782. The Morgan fingerprint density at radius 1 is 1.18 bits per heavy atom. The molecule has 0 saturated heterocycles. The number of thioether (sulfide) groups is 1. The number of Topliss-reactive ketones (excluding diaryl/α,β-unsaturated/α-hetero) is 1. The van der Waals surface area contributed by atoms with Gasteiger partial charge in [-0.15, -0.1) is 11.8 Å². The Balaban J connectivity index is 1.93. The molecule has 2 aromatic carbocycles.